The minimum Gasteiger partial charge on any atom is -0.496 e. The number of halogens is 1. The second-order valence-electron chi connectivity index (χ2n) is 6.96. The molecular weight excluding hydrogens is 352 g/mol. The van der Waals surface area contributed by atoms with E-state index in [9.17, 15) is 9.90 Å². The Morgan fingerprint density at radius 1 is 1.42 bits per heavy atom. The Bertz CT molecular complexity index is 873. The Labute approximate surface area is 157 Å². The van der Waals surface area contributed by atoms with E-state index >= 15 is 0 Å². The molecule has 0 unspecified atom stereocenters. The maximum atomic E-state index is 12.6. The van der Waals surface area contributed by atoms with Crippen molar-refractivity contribution in [1.29, 1.82) is 0 Å². The third kappa shape index (κ3) is 3.74. The van der Waals surface area contributed by atoms with Crippen LogP contribution in [-0.2, 0) is 13.0 Å². The molecule has 6 heteroatoms. The quantitative estimate of drug-likeness (QED) is 0.489. The van der Waals surface area contributed by atoms with Gasteiger partial charge in [-0.15, -0.1) is 0 Å². The summed E-state index contributed by atoms with van der Waals surface area (Å²) in [6, 6.07) is 7.05. The van der Waals surface area contributed by atoms with Crippen LogP contribution in [0.15, 0.2) is 36.5 Å². The summed E-state index contributed by atoms with van der Waals surface area (Å²) in [6.45, 7) is 4.01. The third-order valence-electron chi connectivity index (χ3n) is 4.36. The van der Waals surface area contributed by atoms with Crippen molar-refractivity contribution in [3.05, 3.63) is 63.9 Å². The Morgan fingerprint density at radius 2 is 2.19 bits per heavy atom. The van der Waals surface area contributed by atoms with Gasteiger partial charge in [0, 0.05) is 40.2 Å². The van der Waals surface area contributed by atoms with Crippen molar-refractivity contribution in [2.75, 3.05) is 7.11 Å². The van der Waals surface area contributed by atoms with Gasteiger partial charge in [0.15, 0.2) is 5.78 Å². The fraction of sp³-hybridized carbons (Fsp3) is 0.300. The Kier molecular flexibility index (Phi) is 5.03. The first kappa shape index (κ1) is 18.4. The van der Waals surface area contributed by atoms with E-state index in [2.05, 4.69) is 24.1 Å². The lowest BCUT2D eigenvalue weighted by molar-refractivity contribution is 0.104. The van der Waals surface area contributed by atoms with Crippen LogP contribution in [-0.4, -0.2) is 28.5 Å². The number of hydrogen-bond donors (Lipinski definition) is 2. The summed E-state index contributed by atoms with van der Waals surface area (Å²) in [6.07, 6.45) is 3.81. The fourth-order valence-corrected chi connectivity index (χ4v) is 3.29. The van der Waals surface area contributed by atoms with Crippen LogP contribution in [0, 0.1) is 0 Å². The predicted octanol–water partition coefficient (Wildman–Crippen LogP) is 3.38. The van der Waals surface area contributed by atoms with E-state index in [-0.39, 0.29) is 17.9 Å². The number of nitrogens with one attached hydrogen (secondary N) is 1. The number of nitrogens with zero attached hydrogens (tertiary/aromatic N) is 1. The van der Waals surface area contributed by atoms with Crippen molar-refractivity contribution in [3.8, 4) is 5.75 Å². The first-order valence-electron chi connectivity index (χ1n) is 8.30. The summed E-state index contributed by atoms with van der Waals surface area (Å²) in [7, 11) is 1.58. The number of carbonyl (C=O) groups is 1. The highest BCUT2D eigenvalue weighted by Crippen LogP contribution is 2.34. The molecule has 0 atom stereocenters. The summed E-state index contributed by atoms with van der Waals surface area (Å²) in [4.78, 5) is 16.6. The van der Waals surface area contributed by atoms with Gasteiger partial charge in [-0.05, 0) is 50.1 Å². The molecule has 0 fully saturated rings. The van der Waals surface area contributed by atoms with Crippen molar-refractivity contribution < 1.29 is 14.6 Å². The molecule has 3 rings (SSSR count). The Morgan fingerprint density at radius 3 is 2.81 bits per heavy atom. The van der Waals surface area contributed by atoms with Gasteiger partial charge >= 0.3 is 0 Å². The van der Waals surface area contributed by atoms with Gasteiger partial charge in [0.25, 0.3) is 0 Å². The van der Waals surface area contributed by atoms with Crippen LogP contribution in [0.2, 0.25) is 5.15 Å². The molecule has 2 heterocycles. The minimum atomic E-state index is -0.219. The number of fused-ring (bicyclic) bond motifs is 1. The van der Waals surface area contributed by atoms with E-state index in [0.29, 0.717) is 27.7 Å². The zero-order valence-electron chi connectivity index (χ0n) is 15.0. The number of rotatable bonds is 4. The Balaban J connectivity index is 2.07. The number of ketones is 1. The topological polar surface area (TPSA) is 71.5 Å². The van der Waals surface area contributed by atoms with Gasteiger partial charge < -0.3 is 15.2 Å². The first-order valence-corrected chi connectivity index (χ1v) is 8.67. The van der Waals surface area contributed by atoms with Gasteiger partial charge in [0.2, 0.25) is 0 Å². The number of aromatic nitrogens is 1. The summed E-state index contributed by atoms with van der Waals surface area (Å²) in [5, 5.41) is 13.4. The lowest BCUT2D eigenvalue weighted by Gasteiger charge is -2.36. The molecule has 0 radical (unpaired) electrons. The summed E-state index contributed by atoms with van der Waals surface area (Å²) in [5.74, 6) is 0.484. The highest BCUT2D eigenvalue weighted by atomic mass is 35.5. The van der Waals surface area contributed by atoms with Gasteiger partial charge in [-0.2, -0.15) is 0 Å². The maximum Gasteiger partial charge on any atom is 0.189 e. The molecule has 1 aliphatic heterocycles. The zero-order chi connectivity index (χ0) is 18.9. The molecule has 0 amide bonds. The predicted molar refractivity (Wildman–Crippen MR) is 101 cm³/mol. The maximum absolute atomic E-state index is 12.6. The van der Waals surface area contributed by atoms with Crippen LogP contribution in [0.4, 0.5) is 0 Å². The molecule has 0 aliphatic carbocycles. The average molecular weight is 373 g/mol. The Hall–Kier alpha value is -2.37. The lowest BCUT2D eigenvalue weighted by Crippen LogP contribution is -2.44. The number of aliphatic hydroxyl groups is 1. The molecule has 2 N–H and O–H groups in total. The van der Waals surface area contributed by atoms with Gasteiger partial charge in [-0.3, -0.25) is 4.79 Å². The van der Waals surface area contributed by atoms with Crippen molar-refractivity contribution in [2.24, 2.45) is 0 Å². The van der Waals surface area contributed by atoms with Crippen LogP contribution in [0.3, 0.4) is 0 Å². The van der Waals surface area contributed by atoms with Crippen LogP contribution in [0.5, 0.6) is 5.75 Å². The van der Waals surface area contributed by atoms with Crippen LogP contribution in [0.25, 0.3) is 5.70 Å². The highest BCUT2D eigenvalue weighted by Gasteiger charge is 2.29. The van der Waals surface area contributed by atoms with Gasteiger partial charge in [0.05, 0.1) is 13.7 Å². The molecule has 0 spiro atoms. The third-order valence-corrected chi connectivity index (χ3v) is 4.58. The zero-order valence-corrected chi connectivity index (χ0v) is 15.7. The average Bonchev–Trinajstić information content (AvgIpc) is 2.60. The number of hydrogen-bond acceptors (Lipinski definition) is 5. The molecule has 1 aromatic carbocycles. The van der Waals surface area contributed by atoms with Crippen molar-refractivity contribution in [3.63, 3.8) is 0 Å². The van der Waals surface area contributed by atoms with Crippen molar-refractivity contribution in [1.82, 2.24) is 10.3 Å². The molecule has 0 saturated carbocycles. The number of allylic oxidation sites excluding steroid dienone is 1. The number of methoxy groups -OCH3 is 1. The van der Waals surface area contributed by atoms with Crippen molar-refractivity contribution >= 4 is 23.1 Å². The molecule has 26 heavy (non-hydrogen) atoms. The molecule has 136 valence electrons. The standard InChI is InChI=1S/C20H21ClN2O3/c1-20(2)9-13-7-18(26-3)14(11-24)6-15(13)16(23-20)8-17(25)12-4-5-19(21)22-10-12/h4-8,10,23-24H,9,11H2,1-3H3/b16-8-. The molecule has 0 bridgehead atoms. The first-order chi connectivity index (χ1) is 12.3. The SMILES string of the molecule is COc1cc2c(cc1CO)/C(=C/C(=O)c1ccc(Cl)nc1)NC(C)(C)C2. The largest absolute Gasteiger partial charge is 0.496 e. The van der Waals surface area contributed by atoms with E-state index in [1.807, 2.05) is 12.1 Å². The van der Waals surface area contributed by atoms with Crippen LogP contribution in [0.1, 0.15) is 40.9 Å². The normalized spacial score (nSPS) is 16.7. The number of aliphatic hydroxyl groups excluding tert-OH is 1. The molecule has 0 saturated heterocycles. The number of benzene rings is 1. The van der Waals surface area contributed by atoms with Gasteiger partial charge in [0.1, 0.15) is 10.9 Å². The van der Waals surface area contributed by atoms with E-state index in [1.54, 1.807) is 25.3 Å². The van der Waals surface area contributed by atoms with Gasteiger partial charge in [-0.1, -0.05) is 11.6 Å². The number of ether oxygens (including phenoxy) is 1. The molecular formula is C20H21ClN2O3. The minimum absolute atomic E-state index is 0.137. The molecule has 1 aliphatic rings. The summed E-state index contributed by atoms with van der Waals surface area (Å²) in [5.41, 5.74) is 3.60. The van der Waals surface area contributed by atoms with E-state index in [4.69, 9.17) is 16.3 Å². The lowest BCUT2D eigenvalue weighted by atomic mass is 9.84. The second-order valence-corrected chi connectivity index (χ2v) is 7.34. The van der Waals surface area contributed by atoms with Crippen LogP contribution >= 0.6 is 11.6 Å². The summed E-state index contributed by atoms with van der Waals surface area (Å²) < 4.78 is 5.38. The van der Waals surface area contributed by atoms with E-state index < -0.39 is 0 Å². The fourth-order valence-electron chi connectivity index (χ4n) is 3.18. The van der Waals surface area contributed by atoms with Gasteiger partial charge in [-0.25, -0.2) is 4.98 Å². The van der Waals surface area contributed by atoms with E-state index in [0.717, 1.165) is 17.5 Å². The molecule has 2 aromatic rings. The smallest absolute Gasteiger partial charge is 0.189 e. The van der Waals surface area contributed by atoms with E-state index in [1.165, 1.54) is 6.20 Å². The van der Waals surface area contributed by atoms with Crippen molar-refractivity contribution in [2.45, 2.75) is 32.4 Å². The number of pyridine rings is 1. The monoisotopic (exact) mass is 372 g/mol. The summed E-state index contributed by atoms with van der Waals surface area (Å²) >= 11 is 5.79. The van der Waals surface area contributed by atoms with Crippen LogP contribution < -0.4 is 10.1 Å². The second kappa shape index (κ2) is 7.09. The highest BCUT2D eigenvalue weighted by molar-refractivity contribution is 6.29. The molecule has 5 nitrogen and oxygen atoms in total. The molecule has 1 aromatic heterocycles. The number of carbonyl (C=O) groups excluding carboxylic acids is 1.